The fraction of sp³-hybridized carbons (Fsp3) is 0.613. The second-order valence-corrected chi connectivity index (χ2v) is 10.5. The van der Waals surface area contributed by atoms with E-state index in [-0.39, 0.29) is 11.2 Å². The van der Waals surface area contributed by atoms with Crippen LogP contribution < -0.4 is 4.74 Å². The third-order valence-corrected chi connectivity index (χ3v) is 8.57. The van der Waals surface area contributed by atoms with Crippen LogP contribution in [0.3, 0.4) is 0 Å². The molecule has 0 heterocycles. The summed E-state index contributed by atoms with van der Waals surface area (Å²) in [6, 6.07) is 12.2. The van der Waals surface area contributed by atoms with Gasteiger partial charge in [0.1, 0.15) is 11.6 Å². The minimum atomic E-state index is -0.0614. The van der Waals surface area contributed by atoms with E-state index >= 15 is 0 Å². The van der Waals surface area contributed by atoms with Crippen LogP contribution in [0, 0.1) is 23.1 Å². The summed E-state index contributed by atoms with van der Waals surface area (Å²) < 4.78 is 21.3. The lowest BCUT2D eigenvalue weighted by molar-refractivity contribution is 0.127. The topological polar surface area (TPSA) is 9.23 Å². The van der Waals surface area contributed by atoms with E-state index < -0.39 is 0 Å². The highest BCUT2D eigenvalue weighted by molar-refractivity contribution is 5.66. The van der Waals surface area contributed by atoms with Crippen LogP contribution in [0.5, 0.6) is 5.75 Å². The van der Waals surface area contributed by atoms with Crippen molar-refractivity contribution in [3.63, 3.8) is 0 Å². The normalized spacial score (nSPS) is 19.0. The summed E-state index contributed by atoms with van der Waals surface area (Å²) in [6.07, 6.45) is 11.6. The molecule has 0 radical (unpaired) electrons. The minimum Gasteiger partial charge on any atom is -0.493 e. The third-order valence-electron chi connectivity index (χ3n) is 8.57. The minimum absolute atomic E-state index is 0.0614. The van der Waals surface area contributed by atoms with Crippen LogP contribution in [-0.2, 0) is 12.8 Å². The van der Waals surface area contributed by atoms with Gasteiger partial charge in [-0.2, -0.15) is 0 Å². The predicted molar refractivity (Wildman–Crippen MR) is 139 cm³/mol. The van der Waals surface area contributed by atoms with Crippen molar-refractivity contribution in [2.75, 3.05) is 6.61 Å². The average Bonchev–Trinajstić information content (AvgIpc) is 2.85. The Bertz CT molecular complexity index is 866. The molecular weight excluding hydrogens is 407 g/mol. The van der Waals surface area contributed by atoms with Gasteiger partial charge in [0.15, 0.2) is 0 Å². The van der Waals surface area contributed by atoms with Crippen molar-refractivity contribution in [1.82, 2.24) is 0 Å². The summed E-state index contributed by atoms with van der Waals surface area (Å²) in [5.41, 5.74) is 4.33. The van der Waals surface area contributed by atoms with Gasteiger partial charge in [-0.05, 0) is 90.8 Å². The van der Waals surface area contributed by atoms with Gasteiger partial charge >= 0.3 is 0 Å². The molecule has 33 heavy (non-hydrogen) atoms. The standard InChI is InChI=1S/C31H45FO/c1-6-25-20-27(18-19-30(25)33-22-31(7-2,8-3)9-4)28-17-16-26(29(32)21-28)15-14-24-12-10-23(5)11-13-24/h16-21,23-24H,6-15,22H2,1-5H3. The second-order valence-electron chi connectivity index (χ2n) is 10.5. The lowest BCUT2D eigenvalue weighted by Crippen LogP contribution is -2.26. The van der Waals surface area contributed by atoms with Crippen molar-refractivity contribution in [3.8, 4) is 16.9 Å². The molecule has 0 bridgehead atoms. The monoisotopic (exact) mass is 452 g/mol. The van der Waals surface area contributed by atoms with Gasteiger partial charge in [-0.3, -0.25) is 0 Å². The summed E-state index contributed by atoms with van der Waals surface area (Å²) in [6.45, 7) is 12.0. The van der Waals surface area contributed by atoms with E-state index in [0.29, 0.717) is 0 Å². The van der Waals surface area contributed by atoms with E-state index in [1.807, 2.05) is 6.07 Å². The Kier molecular flexibility index (Phi) is 9.41. The lowest BCUT2D eigenvalue weighted by atomic mass is 9.80. The Hall–Kier alpha value is -1.83. The molecule has 182 valence electrons. The van der Waals surface area contributed by atoms with Crippen LogP contribution in [-0.4, -0.2) is 6.61 Å². The molecule has 0 N–H and O–H groups in total. The first kappa shape index (κ1) is 25.8. The van der Waals surface area contributed by atoms with Crippen LogP contribution in [0.1, 0.15) is 97.1 Å². The molecule has 0 atom stereocenters. The number of aryl methyl sites for hydroxylation is 2. The molecule has 2 aromatic carbocycles. The zero-order valence-corrected chi connectivity index (χ0v) is 21.7. The van der Waals surface area contributed by atoms with Gasteiger partial charge in [-0.1, -0.05) is 78.5 Å². The first-order valence-corrected chi connectivity index (χ1v) is 13.5. The van der Waals surface area contributed by atoms with Crippen LogP contribution in [0.15, 0.2) is 36.4 Å². The molecule has 1 saturated carbocycles. The van der Waals surface area contributed by atoms with Crippen molar-refractivity contribution in [1.29, 1.82) is 0 Å². The Labute approximate surface area is 202 Å². The zero-order chi connectivity index (χ0) is 23.8. The third kappa shape index (κ3) is 6.61. The number of hydrogen-bond donors (Lipinski definition) is 0. The Balaban J connectivity index is 1.68. The molecular formula is C31H45FO. The van der Waals surface area contributed by atoms with Gasteiger partial charge in [0.05, 0.1) is 6.61 Å². The van der Waals surface area contributed by atoms with Crippen molar-refractivity contribution in [2.24, 2.45) is 17.3 Å². The first-order valence-electron chi connectivity index (χ1n) is 13.5. The summed E-state index contributed by atoms with van der Waals surface area (Å²) in [5.74, 6) is 2.55. The summed E-state index contributed by atoms with van der Waals surface area (Å²) in [5, 5.41) is 0. The maximum Gasteiger partial charge on any atom is 0.127 e. The summed E-state index contributed by atoms with van der Waals surface area (Å²) in [7, 11) is 0. The SMILES string of the molecule is CCc1cc(-c2ccc(CCC3CCC(C)CC3)c(F)c2)ccc1OCC(CC)(CC)CC. The maximum absolute atomic E-state index is 15.0. The van der Waals surface area contributed by atoms with E-state index in [1.54, 1.807) is 6.07 Å². The smallest absolute Gasteiger partial charge is 0.127 e. The molecule has 1 aliphatic carbocycles. The second kappa shape index (κ2) is 12.0. The van der Waals surface area contributed by atoms with Gasteiger partial charge in [0, 0.05) is 5.41 Å². The fourth-order valence-corrected chi connectivity index (χ4v) is 5.37. The van der Waals surface area contributed by atoms with Crippen molar-refractivity contribution in [3.05, 3.63) is 53.3 Å². The number of ether oxygens (including phenoxy) is 1. The van der Waals surface area contributed by atoms with Gasteiger partial charge in [-0.15, -0.1) is 0 Å². The molecule has 1 fully saturated rings. The number of halogens is 1. The van der Waals surface area contributed by atoms with Gasteiger partial charge < -0.3 is 4.74 Å². The Morgan fingerprint density at radius 1 is 0.848 bits per heavy atom. The fourth-order valence-electron chi connectivity index (χ4n) is 5.37. The summed E-state index contributed by atoms with van der Waals surface area (Å²) >= 11 is 0. The number of benzene rings is 2. The largest absolute Gasteiger partial charge is 0.493 e. The van der Waals surface area contributed by atoms with Crippen LogP contribution in [0.2, 0.25) is 0 Å². The average molecular weight is 453 g/mol. The van der Waals surface area contributed by atoms with E-state index in [2.05, 4.69) is 58.9 Å². The number of rotatable bonds is 11. The molecule has 3 rings (SSSR count). The van der Waals surface area contributed by atoms with Crippen molar-refractivity contribution < 1.29 is 9.13 Å². The highest BCUT2D eigenvalue weighted by Gasteiger charge is 2.25. The highest BCUT2D eigenvalue weighted by atomic mass is 19.1. The Morgan fingerprint density at radius 3 is 2.09 bits per heavy atom. The molecule has 0 aliphatic heterocycles. The van der Waals surface area contributed by atoms with E-state index in [0.717, 1.165) is 79.4 Å². The van der Waals surface area contributed by atoms with E-state index in [9.17, 15) is 4.39 Å². The molecule has 0 spiro atoms. The zero-order valence-electron chi connectivity index (χ0n) is 21.7. The molecule has 0 saturated heterocycles. The van der Waals surface area contributed by atoms with Crippen LogP contribution in [0.4, 0.5) is 4.39 Å². The lowest BCUT2D eigenvalue weighted by Gasteiger charge is -2.30. The number of hydrogen-bond acceptors (Lipinski definition) is 1. The van der Waals surface area contributed by atoms with Gasteiger partial charge in [0.2, 0.25) is 0 Å². The first-order chi connectivity index (χ1) is 15.9. The van der Waals surface area contributed by atoms with E-state index in [4.69, 9.17) is 4.74 Å². The molecule has 2 heteroatoms. The molecule has 1 aliphatic rings. The molecule has 0 amide bonds. The van der Waals surface area contributed by atoms with Gasteiger partial charge in [-0.25, -0.2) is 4.39 Å². The quantitative estimate of drug-likeness (QED) is 0.330. The molecule has 0 unspecified atom stereocenters. The van der Waals surface area contributed by atoms with Crippen LogP contribution >= 0.6 is 0 Å². The maximum atomic E-state index is 15.0. The van der Waals surface area contributed by atoms with Crippen LogP contribution in [0.25, 0.3) is 11.1 Å². The molecule has 0 aromatic heterocycles. The Morgan fingerprint density at radius 2 is 1.48 bits per heavy atom. The summed E-state index contributed by atoms with van der Waals surface area (Å²) in [4.78, 5) is 0. The molecule has 1 nitrogen and oxygen atoms in total. The molecule has 2 aromatic rings. The van der Waals surface area contributed by atoms with Gasteiger partial charge in [0.25, 0.3) is 0 Å². The van der Waals surface area contributed by atoms with E-state index in [1.165, 1.54) is 31.2 Å². The highest BCUT2D eigenvalue weighted by Crippen LogP contribution is 2.34. The van der Waals surface area contributed by atoms with Crippen molar-refractivity contribution in [2.45, 2.75) is 98.8 Å². The van der Waals surface area contributed by atoms with Crippen molar-refractivity contribution >= 4 is 0 Å². The predicted octanol–water partition coefficient (Wildman–Crippen LogP) is 9.41.